The smallest absolute Gasteiger partial charge is 0.387 e. The van der Waals surface area contributed by atoms with E-state index < -0.39 is 29.9 Å². The summed E-state index contributed by atoms with van der Waals surface area (Å²) < 4.78 is 32.1. The number of anilines is 1. The quantitative estimate of drug-likeness (QED) is 0.531. The van der Waals surface area contributed by atoms with E-state index in [0.29, 0.717) is 32.5 Å². The van der Waals surface area contributed by atoms with Crippen molar-refractivity contribution in [2.75, 3.05) is 25.0 Å². The Morgan fingerprint density at radius 3 is 2.50 bits per heavy atom. The number of alkyl halides is 2. The molecule has 0 unspecified atom stereocenters. The number of hydrogen-bond donors (Lipinski definition) is 2. The Morgan fingerprint density at radius 1 is 1.24 bits per heavy atom. The van der Waals surface area contributed by atoms with E-state index in [-0.39, 0.29) is 22.4 Å². The normalized spacial score (nSPS) is 17.1. The first kappa shape index (κ1) is 25.9. The molecule has 0 spiro atoms. The van der Waals surface area contributed by atoms with Crippen molar-refractivity contribution in [3.8, 4) is 5.75 Å². The zero-order valence-electron chi connectivity index (χ0n) is 19.3. The summed E-state index contributed by atoms with van der Waals surface area (Å²) in [5.41, 5.74) is -0.148. The van der Waals surface area contributed by atoms with Gasteiger partial charge in [-0.15, -0.1) is 0 Å². The van der Waals surface area contributed by atoms with Crippen LogP contribution >= 0.6 is 11.6 Å². The van der Waals surface area contributed by atoms with Crippen LogP contribution in [0.1, 0.15) is 45.2 Å². The van der Waals surface area contributed by atoms with Gasteiger partial charge in [-0.1, -0.05) is 32.4 Å². The van der Waals surface area contributed by atoms with E-state index in [1.807, 2.05) is 24.8 Å². The van der Waals surface area contributed by atoms with Crippen molar-refractivity contribution in [2.24, 2.45) is 5.92 Å². The highest BCUT2D eigenvalue weighted by molar-refractivity contribution is 6.30. The molecule has 3 rings (SSSR count). The van der Waals surface area contributed by atoms with E-state index in [4.69, 9.17) is 11.6 Å². The molecule has 1 atom stereocenters. The first-order valence-corrected chi connectivity index (χ1v) is 11.5. The zero-order valence-corrected chi connectivity index (χ0v) is 20.1. The van der Waals surface area contributed by atoms with Gasteiger partial charge in [0.15, 0.2) is 5.75 Å². The third kappa shape index (κ3) is 5.67. The topological polar surface area (TPSA) is 96.7 Å². The van der Waals surface area contributed by atoms with E-state index in [1.165, 1.54) is 18.2 Å². The van der Waals surface area contributed by atoms with Gasteiger partial charge in [0, 0.05) is 42.6 Å². The van der Waals surface area contributed by atoms with Crippen LogP contribution in [0.3, 0.4) is 0 Å². The van der Waals surface area contributed by atoms with Crippen molar-refractivity contribution in [3.63, 3.8) is 0 Å². The third-order valence-electron chi connectivity index (χ3n) is 6.14. The second kappa shape index (κ2) is 10.7. The summed E-state index contributed by atoms with van der Waals surface area (Å²) >= 11 is 5.93. The Bertz CT molecular complexity index is 1020. The molecule has 1 aliphatic rings. The average molecular weight is 499 g/mol. The van der Waals surface area contributed by atoms with Gasteiger partial charge in [0.2, 0.25) is 0 Å². The summed E-state index contributed by atoms with van der Waals surface area (Å²) in [4.78, 5) is 27.0. The largest absolute Gasteiger partial charge is 0.481 e. The van der Waals surface area contributed by atoms with Gasteiger partial charge >= 0.3 is 12.6 Å². The molecular weight excluding hydrogens is 470 g/mol. The minimum Gasteiger partial charge on any atom is -0.481 e. The van der Waals surface area contributed by atoms with Crippen LogP contribution in [0, 0.1) is 5.92 Å². The summed E-state index contributed by atoms with van der Waals surface area (Å²) in [6.07, 6.45) is 2.37. The highest BCUT2D eigenvalue weighted by Crippen LogP contribution is 2.36. The van der Waals surface area contributed by atoms with Crippen LogP contribution in [0.25, 0.3) is 0 Å². The van der Waals surface area contributed by atoms with Gasteiger partial charge in [-0.2, -0.15) is 13.9 Å². The molecule has 0 radical (unpaired) electrons. The summed E-state index contributed by atoms with van der Waals surface area (Å²) in [6, 6.07) is 5.97. The minimum absolute atomic E-state index is 0.0780. The molecule has 2 N–H and O–H groups in total. The number of aromatic nitrogens is 2. The highest BCUT2D eigenvalue weighted by Gasteiger charge is 2.45. The first-order valence-electron chi connectivity index (χ1n) is 11.1. The lowest BCUT2D eigenvalue weighted by atomic mass is 9.85. The molecule has 1 saturated heterocycles. The fraction of sp³-hybridized carbons (Fsp3) is 0.522. The molecule has 1 aliphatic heterocycles. The lowest BCUT2D eigenvalue weighted by Crippen LogP contribution is -2.54. The van der Waals surface area contributed by atoms with E-state index in [2.05, 4.69) is 15.2 Å². The number of rotatable bonds is 9. The Hall–Kier alpha value is -2.72. The van der Waals surface area contributed by atoms with Gasteiger partial charge in [-0.3, -0.25) is 14.3 Å². The van der Waals surface area contributed by atoms with Crippen molar-refractivity contribution in [2.45, 2.75) is 51.7 Å². The third-order valence-corrected chi connectivity index (χ3v) is 6.37. The SMILES string of the molecule is CC(C)c1ccnn1C1(C(=O)Nc2ccc(Cl)cc2OC(F)F)CCN(C[C@@H](C)C(=O)O)CC1. The Morgan fingerprint density at radius 2 is 1.91 bits per heavy atom. The number of carbonyl (C=O) groups excluding carboxylic acids is 1. The highest BCUT2D eigenvalue weighted by atomic mass is 35.5. The molecule has 1 fully saturated rings. The molecule has 2 heterocycles. The molecule has 0 aliphatic carbocycles. The maximum absolute atomic E-state index is 13.8. The van der Waals surface area contributed by atoms with Crippen molar-refractivity contribution in [1.29, 1.82) is 0 Å². The number of likely N-dealkylation sites (tertiary alicyclic amines) is 1. The van der Waals surface area contributed by atoms with Crippen LogP contribution in [0.15, 0.2) is 30.5 Å². The number of carboxylic acids is 1. The average Bonchev–Trinajstić information content (AvgIpc) is 3.26. The molecule has 8 nitrogen and oxygen atoms in total. The van der Waals surface area contributed by atoms with Crippen molar-refractivity contribution >= 4 is 29.2 Å². The molecule has 11 heteroatoms. The van der Waals surface area contributed by atoms with E-state index in [1.54, 1.807) is 17.8 Å². The summed E-state index contributed by atoms with van der Waals surface area (Å²) in [7, 11) is 0. The molecule has 0 saturated carbocycles. The van der Waals surface area contributed by atoms with Crippen LogP contribution in [-0.4, -0.2) is 57.9 Å². The maximum atomic E-state index is 13.8. The number of ether oxygens (including phenoxy) is 1. The Balaban J connectivity index is 1.92. The molecule has 1 aromatic carbocycles. The summed E-state index contributed by atoms with van der Waals surface area (Å²) in [6.45, 7) is 3.88. The van der Waals surface area contributed by atoms with Crippen molar-refractivity contribution < 1.29 is 28.2 Å². The number of carbonyl (C=O) groups is 2. The van der Waals surface area contributed by atoms with E-state index in [0.717, 1.165) is 5.69 Å². The molecule has 186 valence electrons. The number of halogens is 3. The second-order valence-electron chi connectivity index (χ2n) is 8.87. The number of amides is 1. The first-order chi connectivity index (χ1) is 16.0. The van der Waals surface area contributed by atoms with Gasteiger partial charge < -0.3 is 20.1 Å². The molecule has 2 aromatic rings. The lowest BCUT2D eigenvalue weighted by molar-refractivity contribution is -0.142. The lowest BCUT2D eigenvalue weighted by Gasteiger charge is -2.42. The second-order valence-corrected chi connectivity index (χ2v) is 9.30. The minimum atomic E-state index is -3.08. The van der Waals surface area contributed by atoms with Gasteiger partial charge in [-0.25, -0.2) is 0 Å². The number of hydrogen-bond acceptors (Lipinski definition) is 5. The van der Waals surface area contributed by atoms with Gasteiger partial charge in [-0.05, 0) is 37.0 Å². The number of aliphatic carboxylic acids is 1. The fourth-order valence-electron chi connectivity index (χ4n) is 4.25. The number of piperidine rings is 1. The van der Waals surface area contributed by atoms with E-state index >= 15 is 0 Å². The molecule has 1 amide bonds. The molecule has 1 aromatic heterocycles. The van der Waals surface area contributed by atoms with Crippen LogP contribution < -0.4 is 10.1 Å². The number of nitrogens with one attached hydrogen (secondary N) is 1. The summed E-state index contributed by atoms with van der Waals surface area (Å²) in [5.74, 6) is -1.97. The number of carboxylic acid groups (broad SMARTS) is 1. The summed E-state index contributed by atoms with van der Waals surface area (Å²) in [5, 5.41) is 16.7. The van der Waals surface area contributed by atoms with Gasteiger partial charge in [0.1, 0.15) is 5.54 Å². The monoisotopic (exact) mass is 498 g/mol. The van der Waals surface area contributed by atoms with Crippen molar-refractivity contribution in [3.05, 3.63) is 41.2 Å². The standard InChI is InChI=1S/C23H29ClF2N4O4/c1-14(2)18-6-9-27-30(18)23(7-10-29(11-8-23)13-15(3)20(31)32)21(33)28-17-5-4-16(24)12-19(17)34-22(25)26/h4-6,9,12,14-15,22H,7-8,10-11,13H2,1-3H3,(H,28,33)(H,31,32)/t15-/m1/s1. The Labute approximate surface area is 201 Å². The van der Waals surface area contributed by atoms with Gasteiger partial charge in [0.05, 0.1) is 11.6 Å². The maximum Gasteiger partial charge on any atom is 0.387 e. The van der Waals surface area contributed by atoms with Crippen LogP contribution in [0.5, 0.6) is 5.75 Å². The number of nitrogens with zero attached hydrogens (tertiary/aromatic N) is 3. The van der Waals surface area contributed by atoms with E-state index in [9.17, 15) is 23.5 Å². The fourth-order valence-corrected chi connectivity index (χ4v) is 4.41. The number of benzene rings is 1. The zero-order chi connectivity index (χ0) is 25.0. The van der Waals surface area contributed by atoms with Gasteiger partial charge in [0.25, 0.3) is 5.91 Å². The van der Waals surface area contributed by atoms with Crippen LogP contribution in [-0.2, 0) is 15.1 Å². The molecular formula is C23H29ClF2N4O4. The molecule has 34 heavy (non-hydrogen) atoms. The predicted molar refractivity (Wildman–Crippen MR) is 123 cm³/mol. The molecule has 0 bridgehead atoms. The van der Waals surface area contributed by atoms with Crippen molar-refractivity contribution in [1.82, 2.24) is 14.7 Å². The van der Waals surface area contributed by atoms with Crippen LogP contribution in [0.2, 0.25) is 5.02 Å². The Kier molecular flexibility index (Phi) is 8.14. The predicted octanol–water partition coefficient (Wildman–Crippen LogP) is 4.41. The van der Waals surface area contributed by atoms with Crippen LogP contribution in [0.4, 0.5) is 14.5 Å².